The molecular weight excluding hydrogens is 168 g/mol. The molecule has 1 rings (SSSR count). The van der Waals surface area contributed by atoms with E-state index in [9.17, 15) is 4.79 Å². The second-order valence-electron chi connectivity index (χ2n) is 2.59. The summed E-state index contributed by atoms with van der Waals surface area (Å²) in [4.78, 5) is 15.2. The molecule has 0 bridgehead atoms. The molecule has 70 valence electrons. The predicted molar refractivity (Wildman–Crippen MR) is 48.3 cm³/mol. The minimum Gasteiger partial charge on any atom is -0.380 e. The summed E-state index contributed by atoms with van der Waals surface area (Å²) in [6, 6.07) is 1.66. The molecule has 0 fully saturated rings. The van der Waals surface area contributed by atoms with E-state index in [1.54, 1.807) is 25.6 Å². The average Bonchev–Trinajstić information content (AvgIpc) is 2.18. The fourth-order valence-corrected chi connectivity index (χ4v) is 1.08. The lowest BCUT2D eigenvalue weighted by atomic mass is 10.1. The van der Waals surface area contributed by atoms with Crippen LogP contribution in [0.4, 0.5) is 0 Å². The Morgan fingerprint density at radius 1 is 1.69 bits per heavy atom. The Hall–Kier alpha value is -1.26. The number of Topliss-reactive ketones (excluding diaryl/α,β-unsaturated/α-hetero) is 1. The number of nitrogens with two attached hydrogens (primary N) is 1. The standard InChI is InChI=1S/C9H12N2O2/c1-13-6-7-5-11-3-2-8(7)9(12)4-10/h2-3,5H,4,6,10H2,1H3. The number of pyridine rings is 1. The van der Waals surface area contributed by atoms with Crippen molar-refractivity contribution in [3.8, 4) is 0 Å². The SMILES string of the molecule is COCc1cnccc1C(=O)CN. The summed E-state index contributed by atoms with van der Waals surface area (Å²) >= 11 is 0. The van der Waals surface area contributed by atoms with E-state index in [4.69, 9.17) is 10.5 Å². The number of aromatic nitrogens is 1. The Kier molecular flexibility index (Phi) is 3.54. The molecule has 0 saturated heterocycles. The molecule has 1 aromatic rings. The van der Waals surface area contributed by atoms with Gasteiger partial charge in [-0.05, 0) is 6.07 Å². The molecule has 0 saturated carbocycles. The highest BCUT2D eigenvalue weighted by atomic mass is 16.5. The number of carbonyl (C=O) groups excluding carboxylic acids is 1. The van der Waals surface area contributed by atoms with Gasteiger partial charge in [0, 0.05) is 30.6 Å². The Morgan fingerprint density at radius 2 is 2.46 bits per heavy atom. The van der Waals surface area contributed by atoms with Crippen LogP contribution in [-0.4, -0.2) is 24.4 Å². The Bertz CT molecular complexity index is 299. The van der Waals surface area contributed by atoms with Gasteiger partial charge < -0.3 is 10.5 Å². The minimum atomic E-state index is -0.0885. The van der Waals surface area contributed by atoms with E-state index in [2.05, 4.69) is 4.98 Å². The zero-order valence-corrected chi connectivity index (χ0v) is 7.49. The molecule has 0 aliphatic heterocycles. The summed E-state index contributed by atoms with van der Waals surface area (Å²) < 4.78 is 4.93. The molecule has 2 N–H and O–H groups in total. The van der Waals surface area contributed by atoms with Crippen LogP contribution < -0.4 is 5.73 Å². The first-order valence-electron chi connectivity index (χ1n) is 3.94. The summed E-state index contributed by atoms with van der Waals surface area (Å²) in [5.41, 5.74) is 6.63. The maximum absolute atomic E-state index is 11.3. The van der Waals surface area contributed by atoms with E-state index >= 15 is 0 Å². The lowest BCUT2D eigenvalue weighted by molar-refractivity contribution is 0.0996. The van der Waals surface area contributed by atoms with Crippen molar-refractivity contribution < 1.29 is 9.53 Å². The summed E-state index contributed by atoms with van der Waals surface area (Å²) in [5.74, 6) is -0.0885. The van der Waals surface area contributed by atoms with Crippen molar-refractivity contribution in [3.05, 3.63) is 29.6 Å². The van der Waals surface area contributed by atoms with E-state index in [0.29, 0.717) is 12.2 Å². The van der Waals surface area contributed by atoms with Crippen LogP contribution in [0.3, 0.4) is 0 Å². The van der Waals surface area contributed by atoms with Crippen molar-refractivity contribution in [2.75, 3.05) is 13.7 Å². The van der Waals surface area contributed by atoms with E-state index < -0.39 is 0 Å². The number of methoxy groups -OCH3 is 1. The van der Waals surface area contributed by atoms with Crippen molar-refractivity contribution in [3.63, 3.8) is 0 Å². The van der Waals surface area contributed by atoms with Crippen molar-refractivity contribution in [2.24, 2.45) is 5.73 Å². The third kappa shape index (κ3) is 2.34. The van der Waals surface area contributed by atoms with Gasteiger partial charge >= 0.3 is 0 Å². The third-order valence-electron chi connectivity index (χ3n) is 1.69. The maximum atomic E-state index is 11.3. The topological polar surface area (TPSA) is 65.2 Å². The fourth-order valence-electron chi connectivity index (χ4n) is 1.08. The van der Waals surface area contributed by atoms with Gasteiger partial charge in [-0.25, -0.2) is 0 Å². The second-order valence-corrected chi connectivity index (χ2v) is 2.59. The van der Waals surface area contributed by atoms with E-state index in [1.165, 1.54) is 0 Å². The number of hydrogen-bond donors (Lipinski definition) is 1. The summed E-state index contributed by atoms with van der Waals surface area (Å²) in [5, 5.41) is 0. The molecule has 0 aromatic carbocycles. The number of nitrogens with zero attached hydrogens (tertiary/aromatic N) is 1. The van der Waals surface area contributed by atoms with Crippen molar-refractivity contribution in [1.29, 1.82) is 0 Å². The van der Waals surface area contributed by atoms with Crippen LogP contribution in [0.2, 0.25) is 0 Å². The zero-order chi connectivity index (χ0) is 9.68. The Balaban J connectivity index is 2.97. The number of ether oxygens (including phenoxy) is 1. The largest absolute Gasteiger partial charge is 0.380 e. The van der Waals surface area contributed by atoms with Gasteiger partial charge in [0.15, 0.2) is 5.78 Å². The van der Waals surface area contributed by atoms with E-state index in [0.717, 1.165) is 5.56 Å². The maximum Gasteiger partial charge on any atom is 0.176 e. The molecule has 1 aromatic heterocycles. The van der Waals surface area contributed by atoms with Gasteiger partial charge in [-0.3, -0.25) is 9.78 Å². The van der Waals surface area contributed by atoms with Crippen molar-refractivity contribution >= 4 is 5.78 Å². The zero-order valence-electron chi connectivity index (χ0n) is 7.49. The number of ketones is 1. The molecule has 0 amide bonds. The van der Waals surface area contributed by atoms with Crippen molar-refractivity contribution in [2.45, 2.75) is 6.61 Å². The summed E-state index contributed by atoms with van der Waals surface area (Å²) in [6.07, 6.45) is 3.19. The van der Waals surface area contributed by atoms with Gasteiger partial charge in [0.05, 0.1) is 13.2 Å². The second kappa shape index (κ2) is 4.69. The van der Waals surface area contributed by atoms with Gasteiger partial charge in [-0.2, -0.15) is 0 Å². The highest BCUT2D eigenvalue weighted by molar-refractivity contribution is 5.98. The average molecular weight is 180 g/mol. The summed E-state index contributed by atoms with van der Waals surface area (Å²) in [6.45, 7) is 0.398. The van der Waals surface area contributed by atoms with Crippen molar-refractivity contribution in [1.82, 2.24) is 4.98 Å². The fraction of sp³-hybridized carbons (Fsp3) is 0.333. The van der Waals surface area contributed by atoms with Gasteiger partial charge in [0.25, 0.3) is 0 Å². The smallest absolute Gasteiger partial charge is 0.176 e. The Labute approximate surface area is 76.7 Å². The van der Waals surface area contributed by atoms with Crippen LogP contribution in [0, 0.1) is 0 Å². The van der Waals surface area contributed by atoms with E-state index in [-0.39, 0.29) is 12.3 Å². The van der Waals surface area contributed by atoms with Gasteiger partial charge in [-0.1, -0.05) is 0 Å². The van der Waals surface area contributed by atoms with Crippen LogP contribution in [0.5, 0.6) is 0 Å². The third-order valence-corrected chi connectivity index (χ3v) is 1.69. The first-order valence-corrected chi connectivity index (χ1v) is 3.94. The molecule has 0 aliphatic carbocycles. The van der Waals surface area contributed by atoms with Crippen LogP contribution in [-0.2, 0) is 11.3 Å². The molecule has 0 aliphatic rings. The highest BCUT2D eigenvalue weighted by Crippen LogP contribution is 2.08. The molecule has 0 atom stereocenters. The molecule has 0 spiro atoms. The molecule has 0 radical (unpaired) electrons. The van der Waals surface area contributed by atoms with Crippen LogP contribution in [0.15, 0.2) is 18.5 Å². The molecule has 4 nitrogen and oxygen atoms in total. The van der Waals surface area contributed by atoms with Crippen LogP contribution in [0.25, 0.3) is 0 Å². The molecule has 0 unspecified atom stereocenters. The predicted octanol–water partition coefficient (Wildman–Crippen LogP) is 0.369. The van der Waals surface area contributed by atoms with Gasteiger partial charge in [-0.15, -0.1) is 0 Å². The first kappa shape index (κ1) is 9.83. The van der Waals surface area contributed by atoms with Crippen LogP contribution >= 0.6 is 0 Å². The quantitative estimate of drug-likeness (QED) is 0.680. The van der Waals surface area contributed by atoms with Gasteiger partial charge in [0.2, 0.25) is 0 Å². The summed E-state index contributed by atoms with van der Waals surface area (Å²) in [7, 11) is 1.57. The normalized spacial score (nSPS) is 10.0. The lowest BCUT2D eigenvalue weighted by Crippen LogP contribution is -2.15. The van der Waals surface area contributed by atoms with Crippen LogP contribution in [0.1, 0.15) is 15.9 Å². The monoisotopic (exact) mass is 180 g/mol. The molecule has 1 heterocycles. The highest BCUT2D eigenvalue weighted by Gasteiger charge is 2.08. The first-order chi connectivity index (χ1) is 6.29. The lowest BCUT2D eigenvalue weighted by Gasteiger charge is -2.04. The minimum absolute atomic E-state index is 0.0146. The number of rotatable bonds is 4. The van der Waals surface area contributed by atoms with E-state index in [1.807, 2.05) is 0 Å². The number of carbonyl (C=O) groups is 1. The Morgan fingerprint density at radius 3 is 3.08 bits per heavy atom. The molecular formula is C9H12N2O2. The number of hydrogen-bond acceptors (Lipinski definition) is 4. The molecule has 4 heteroatoms. The molecule has 13 heavy (non-hydrogen) atoms. The van der Waals surface area contributed by atoms with Gasteiger partial charge in [0.1, 0.15) is 0 Å².